The first-order valence-electron chi connectivity index (χ1n) is 12.2. The Labute approximate surface area is 236 Å². The number of carbonyl (C=O) groups excluding carboxylic acids is 3. The van der Waals surface area contributed by atoms with E-state index in [1.807, 2.05) is 12.1 Å². The van der Waals surface area contributed by atoms with Gasteiger partial charge in [-0.05, 0) is 74.7 Å². The second-order valence-electron chi connectivity index (χ2n) is 8.58. The van der Waals surface area contributed by atoms with Gasteiger partial charge in [0.2, 0.25) is 5.91 Å². The van der Waals surface area contributed by atoms with Crippen LogP contribution in [0.15, 0.2) is 48.5 Å². The molecule has 0 aliphatic heterocycles. The number of rotatable bonds is 11. The van der Waals surface area contributed by atoms with Gasteiger partial charge in [-0.3, -0.25) is 4.79 Å². The summed E-state index contributed by atoms with van der Waals surface area (Å²) in [5.74, 6) is -0.651. The molecule has 1 heterocycles. The molecule has 3 rings (SSSR count). The Balaban J connectivity index is 1.75. The highest BCUT2D eigenvalue weighted by Crippen LogP contribution is 2.35. The number of nitrogens with one attached hydrogen (secondary N) is 1. The Morgan fingerprint density at radius 3 is 2.41 bits per heavy atom. The predicted octanol–water partition coefficient (Wildman–Crippen LogP) is 6.69. The number of halogens is 1. The zero-order valence-electron chi connectivity index (χ0n) is 22.3. The number of amides is 1. The molecule has 0 saturated heterocycles. The van der Waals surface area contributed by atoms with Crippen LogP contribution in [0.4, 0.5) is 5.00 Å². The molecule has 0 radical (unpaired) electrons. The fourth-order valence-corrected chi connectivity index (χ4v) is 4.69. The lowest BCUT2D eigenvalue weighted by Crippen LogP contribution is -2.13. The molecular weight excluding hydrogens is 542 g/mol. The molecule has 10 heteroatoms. The van der Waals surface area contributed by atoms with Crippen LogP contribution in [-0.2, 0) is 20.9 Å². The van der Waals surface area contributed by atoms with Gasteiger partial charge in [0.1, 0.15) is 16.5 Å². The maximum atomic E-state index is 12.8. The summed E-state index contributed by atoms with van der Waals surface area (Å²) in [5.41, 5.74) is 2.16. The van der Waals surface area contributed by atoms with Crippen molar-refractivity contribution >= 4 is 51.9 Å². The van der Waals surface area contributed by atoms with E-state index >= 15 is 0 Å². The summed E-state index contributed by atoms with van der Waals surface area (Å²) in [6.45, 7) is 7.24. The minimum absolute atomic E-state index is 0.128. The fraction of sp³-hybridized carbons (Fsp3) is 0.276. The van der Waals surface area contributed by atoms with Gasteiger partial charge in [0, 0.05) is 11.1 Å². The number of ether oxygens (including phenoxy) is 4. The number of methoxy groups -OCH3 is 1. The van der Waals surface area contributed by atoms with Crippen molar-refractivity contribution in [2.45, 2.75) is 40.4 Å². The maximum Gasteiger partial charge on any atom is 0.348 e. The first-order valence-corrected chi connectivity index (χ1v) is 13.4. The standard InChI is InChI=1S/C29H30ClNO7S/c1-6-36-28(33)25-18(4)26(29(34)38-17(2)3)39-27(25)31-24(32)14-10-19-9-13-22(23(15-19)35-5)37-16-20-7-11-21(30)12-8-20/h7-15,17H,6,16H2,1-5H3,(H,31,32)/b14-10+. The first-order chi connectivity index (χ1) is 18.6. The monoisotopic (exact) mass is 571 g/mol. The van der Waals surface area contributed by atoms with Gasteiger partial charge in [-0.1, -0.05) is 29.8 Å². The van der Waals surface area contributed by atoms with E-state index in [4.69, 9.17) is 30.5 Å². The number of carbonyl (C=O) groups is 3. The molecule has 1 aromatic heterocycles. The summed E-state index contributed by atoms with van der Waals surface area (Å²) >= 11 is 6.90. The lowest BCUT2D eigenvalue weighted by molar-refractivity contribution is -0.111. The zero-order valence-corrected chi connectivity index (χ0v) is 23.9. The molecule has 0 bridgehead atoms. The van der Waals surface area contributed by atoms with Crippen molar-refractivity contribution in [3.05, 3.63) is 80.7 Å². The van der Waals surface area contributed by atoms with Gasteiger partial charge in [-0.15, -0.1) is 11.3 Å². The molecule has 0 aliphatic rings. The van der Waals surface area contributed by atoms with Gasteiger partial charge < -0.3 is 24.3 Å². The van der Waals surface area contributed by atoms with E-state index in [-0.39, 0.29) is 28.2 Å². The highest BCUT2D eigenvalue weighted by Gasteiger charge is 2.27. The van der Waals surface area contributed by atoms with Crippen LogP contribution >= 0.6 is 22.9 Å². The molecule has 1 amide bonds. The average molecular weight is 572 g/mol. The second-order valence-corrected chi connectivity index (χ2v) is 10.0. The van der Waals surface area contributed by atoms with Crippen molar-refractivity contribution in [3.8, 4) is 11.5 Å². The van der Waals surface area contributed by atoms with E-state index in [1.165, 1.54) is 13.2 Å². The van der Waals surface area contributed by atoms with E-state index in [9.17, 15) is 14.4 Å². The molecule has 3 aromatic rings. The van der Waals surface area contributed by atoms with Gasteiger partial charge in [0.25, 0.3) is 0 Å². The van der Waals surface area contributed by atoms with Gasteiger partial charge in [0.05, 0.1) is 25.4 Å². The number of benzene rings is 2. The maximum absolute atomic E-state index is 12.8. The highest BCUT2D eigenvalue weighted by atomic mass is 35.5. The fourth-order valence-electron chi connectivity index (χ4n) is 3.49. The third kappa shape index (κ3) is 8.08. The zero-order chi connectivity index (χ0) is 28.5. The van der Waals surface area contributed by atoms with Crippen molar-refractivity contribution in [1.82, 2.24) is 0 Å². The number of hydrogen-bond donors (Lipinski definition) is 1. The van der Waals surface area contributed by atoms with Gasteiger partial charge in [-0.2, -0.15) is 0 Å². The summed E-state index contributed by atoms with van der Waals surface area (Å²) in [4.78, 5) is 38.1. The van der Waals surface area contributed by atoms with Crippen LogP contribution in [0.25, 0.3) is 6.08 Å². The molecular formula is C29H30ClNO7S. The molecule has 2 aromatic carbocycles. The van der Waals surface area contributed by atoms with Crippen LogP contribution in [0.1, 0.15) is 57.5 Å². The Bertz CT molecular complexity index is 1360. The molecule has 0 unspecified atom stereocenters. The molecule has 0 aliphatic carbocycles. The third-order valence-corrected chi connectivity index (χ3v) is 6.75. The number of hydrogen-bond acceptors (Lipinski definition) is 8. The summed E-state index contributed by atoms with van der Waals surface area (Å²) in [6, 6.07) is 12.6. The molecule has 206 valence electrons. The van der Waals surface area contributed by atoms with Gasteiger partial charge in [-0.25, -0.2) is 9.59 Å². The van der Waals surface area contributed by atoms with E-state index in [0.717, 1.165) is 16.9 Å². The SMILES string of the molecule is CCOC(=O)c1c(NC(=O)/C=C/c2ccc(OCc3ccc(Cl)cc3)c(OC)c2)sc(C(=O)OC(C)C)c1C. The molecule has 0 fully saturated rings. The average Bonchev–Trinajstić information content (AvgIpc) is 3.22. The van der Waals surface area contributed by atoms with Crippen molar-refractivity contribution < 1.29 is 33.3 Å². The first kappa shape index (κ1) is 29.7. The smallest absolute Gasteiger partial charge is 0.348 e. The summed E-state index contributed by atoms with van der Waals surface area (Å²) in [5, 5.41) is 3.55. The van der Waals surface area contributed by atoms with Crippen molar-refractivity contribution in [3.63, 3.8) is 0 Å². The van der Waals surface area contributed by atoms with Gasteiger partial charge in [0.15, 0.2) is 11.5 Å². The second kappa shape index (κ2) is 13.8. The lowest BCUT2D eigenvalue weighted by atomic mass is 10.1. The normalized spacial score (nSPS) is 10.9. The van der Waals surface area contributed by atoms with Crippen LogP contribution in [-0.4, -0.2) is 37.7 Å². The Kier molecular flexibility index (Phi) is 10.5. The molecule has 1 N–H and O–H groups in total. The summed E-state index contributed by atoms with van der Waals surface area (Å²) in [7, 11) is 1.53. The Morgan fingerprint density at radius 2 is 1.77 bits per heavy atom. The van der Waals surface area contributed by atoms with Gasteiger partial charge >= 0.3 is 11.9 Å². The van der Waals surface area contributed by atoms with Crippen molar-refractivity contribution in [2.75, 3.05) is 19.0 Å². The quantitative estimate of drug-likeness (QED) is 0.202. The molecule has 8 nitrogen and oxygen atoms in total. The minimum atomic E-state index is -0.631. The number of esters is 2. The topological polar surface area (TPSA) is 100 Å². The largest absolute Gasteiger partial charge is 0.493 e. The Hall–Kier alpha value is -3.82. The molecule has 0 spiro atoms. The van der Waals surface area contributed by atoms with Crippen molar-refractivity contribution in [2.24, 2.45) is 0 Å². The Morgan fingerprint density at radius 1 is 1.05 bits per heavy atom. The highest BCUT2D eigenvalue weighted by molar-refractivity contribution is 7.18. The lowest BCUT2D eigenvalue weighted by Gasteiger charge is -2.11. The molecule has 39 heavy (non-hydrogen) atoms. The van der Waals surface area contributed by atoms with Crippen LogP contribution < -0.4 is 14.8 Å². The van der Waals surface area contributed by atoms with E-state index in [1.54, 1.807) is 64.1 Å². The van der Waals surface area contributed by atoms with E-state index < -0.39 is 17.8 Å². The summed E-state index contributed by atoms with van der Waals surface area (Å²) in [6.07, 6.45) is 2.58. The van der Waals surface area contributed by atoms with E-state index in [0.29, 0.717) is 34.3 Å². The molecule has 0 saturated carbocycles. The van der Waals surface area contributed by atoms with Crippen LogP contribution in [0.2, 0.25) is 5.02 Å². The minimum Gasteiger partial charge on any atom is -0.493 e. The van der Waals surface area contributed by atoms with Crippen molar-refractivity contribution in [1.29, 1.82) is 0 Å². The van der Waals surface area contributed by atoms with E-state index in [2.05, 4.69) is 5.32 Å². The van der Waals surface area contributed by atoms with Crippen LogP contribution in [0.5, 0.6) is 11.5 Å². The predicted molar refractivity (Wildman–Crippen MR) is 152 cm³/mol. The molecule has 0 atom stereocenters. The third-order valence-electron chi connectivity index (χ3n) is 5.31. The summed E-state index contributed by atoms with van der Waals surface area (Å²) < 4.78 is 21.7. The number of anilines is 1. The number of thiophene rings is 1. The van der Waals surface area contributed by atoms with Crippen LogP contribution in [0, 0.1) is 6.92 Å². The van der Waals surface area contributed by atoms with Crippen LogP contribution in [0.3, 0.4) is 0 Å².